The molecule has 0 bridgehead atoms. The number of esters is 1. The van der Waals surface area contributed by atoms with Crippen molar-refractivity contribution in [2.24, 2.45) is 5.10 Å². The maximum absolute atomic E-state index is 13.5. The van der Waals surface area contributed by atoms with E-state index in [1.54, 1.807) is 93.1 Å². The number of ether oxygens (including phenoxy) is 3. The Hall–Kier alpha value is -5.24. The Kier molecular flexibility index (Phi) is 6.95. The molecule has 8 heteroatoms. The van der Waals surface area contributed by atoms with E-state index in [2.05, 4.69) is 5.10 Å². The van der Waals surface area contributed by atoms with Crippen LogP contribution in [0.5, 0.6) is 17.2 Å². The minimum absolute atomic E-state index is 0.296. The quantitative estimate of drug-likeness (QED) is 0.172. The van der Waals surface area contributed by atoms with Crippen LogP contribution in [-0.2, 0) is 0 Å². The van der Waals surface area contributed by atoms with Crippen LogP contribution >= 0.6 is 0 Å². The lowest BCUT2D eigenvalue weighted by molar-refractivity contribution is 0.0734. The molecule has 0 amide bonds. The van der Waals surface area contributed by atoms with Gasteiger partial charge in [-0.15, -0.1) is 0 Å². The van der Waals surface area contributed by atoms with Crippen LogP contribution in [0.2, 0.25) is 0 Å². The molecule has 188 valence electrons. The number of nitrogens with zero attached hydrogens (tertiary/aromatic N) is 3. The lowest BCUT2D eigenvalue weighted by Gasteiger charge is -2.11. The van der Waals surface area contributed by atoms with Gasteiger partial charge in [0.1, 0.15) is 17.2 Å². The molecule has 0 saturated heterocycles. The number of benzene rings is 4. The largest absolute Gasteiger partial charge is 0.497 e. The molecule has 0 aliphatic carbocycles. The van der Waals surface area contributed by atoms with Gasteiger partial charge in [0.2, 0.25) is 0 Å². The second-order valence-corrected chi connectivity index (χ2v) is 8.20. The lowest BCUT2D eigenvalue weighted by Crippen LogP contribution is -2.20. The lowest BCUT2D eigenvalue weighted by atomic mass is 10.2. The van der Waals surface area contributed by atoms with Gasteiger partial charge in [-0.3, -0.25) is 4.79 Å². The fourth-order valence-corrected chi connectivity index (χ4v) is 3.84. The van der Waals surface area contributed by atoms with Crippen molar-refractivity contribution in [1.82, 2.24) is 9.66 Å². The highest BCUT2D eigenvalue weighted by atomic mass is 16.5. The predicted molar refractivity (Wildman–Crippen MR) is 145 cm³/mol. The number of carbonyl (C=O) groups is 1. The Morgan fingerprint density at radius 3 is 2.16 bits per heavy atom. The molecule has 5 rings (SSSR count). The summed E-state index contributed by atoms with van der Waals surface area (Å²) in [7, 11) is 3.14. The number of carbonyl (C=O) groups excluding carboxylic acids is 1. The van der Waals surface area contributed by atoms with Crippen LogP contribution in [-0.4, -0.2) is 36.1 Å². The van der Waals surface area contributed by atoms with Gasteiger partial charge in [0.25, 0.3) is 5.56 Å². The molecule has 0 aliphatic rings. The molecule has 1 heterocycles. The van der Waals surface area contributed by atoms with Gasteiger partial charge in [-0.25, -0.2) is 9.78 Å². The molecule has 0 aliphatic heterocycles. The minimum atomic E-state index is -0.531. The maximum Gasteiger partial charge on any atom is 0.343 e. The second-order valence-electron chi connectivity index (χ2n) is 8.20. The van der Waals surface area contributed by atoms with E-state index in [0.29, 0.717) is 50.7 Å². The van der Waals surface area contributed by atoms with E-state index in [0.717, 1.165) is 0 Å². The third-order valence-electron chi connectivity index (χ3n) is 5.86. The fraction of sp³-hybridized carbons (Fsp3) is 0.0667. The number of rotatable bonds is 7. The number of para-hydroxylation sites is 2. The average molecular weight is 506 g/mol. The number of aromatic nitrogens is 2. The molecule has 8 nitrogen and oxygen atoms in total. The van der Waals surface area contributed by atoms with Crippen molar-refractivity contribution in [3.05, 3.63) is 119 Å². The SMILES string of the molecule is COc1ccc(C(=O)Oc2ccccc2C=Nn2c(-c3ccc(OC)cc3)nc3ccccc3c2=O)cc1. The highest BCUT2D eigenvalue weighted by Crippen LogP contribution is 2.23. The van der Waals surface area contributed by atoms with Crippen LogP contribution in [0, 0.1) is 0 Å². The second kappa shape index (κ2) is 10.8. The van der Waals surface area contributed by atoms with Crippen molar-refractivity contribution in [2.45, 2.75) is 0 Å². The summed E-state index contributed by atoms with van der Waals surface area (Å²) in [5.74, 6) is 1.44. The van der Waals surface area contributed by atoms with Crippen LogP contribution in [0.15, 0.2) is 107 Å². The Morgan fingerprint density at radius 1 is 0.816 bits per heavy atom. The van der Waals surface area contributed by atoms with Gasteiger partial charge in [-0.1, -0.05) is 24.3 Å². The molecule has 0 unspecified atom stereocenters. The third kappa shape index (κ3) is 5.01. The van der Waals surface area contributed by atoms with Crippen LogP contribution in [0.4, 0.5) is 0 Å². The molecule has 38 heavy (non-hydrogen) atoms. The first-order chi connectivity index (χ1) is 18.6. The van der Waals surface area contributed by atoms with Gasteiger partial charge in [-0.05, 0) is 72.8 Å². The highest BCUT2D eigenvalue weighted by Gasteiger charge is 2.14. The summed E-state index contributed by atoms with van der Waals surface area (Å²) < 4.78 is 17.3. The third-order valence-corrected chi connectivity index (χ3v) is 5.86. The summed E-state index contributed by atoms with van der Waals surface area (Å²) in [5.41, 5.74) is 1.79. The molecule has 4 aromatic carbocycles. The minimum Gasteiger partial charge on any atom is -0.497 e. The Balaban J connectivity index is 1.53. The smallest absolute Gasteiger partial charge is 0.343 e. The number of fused-ring (bicyclic) bond motifs is 1. The van der Waals surface area contributed by atoms with E-state index in [-0.39, 0.29) is 5.56 Å². The van der Waals surface area contributed by atoms with Crippen molar-refractivity contribution in [3.8, 4) is 28.6 Å². The Labute approximate surface area is 218 Å². The van der Waals surface area contributed by atoms with Crippen LogP contribution < -0.4 is 19.8 Å². The number of hydrogen-bond acceptors (Lipinski definition) is 7. The first-order valence-corrected chi connectivity index (χ1v) is 11.7. The molecular weight excluding hydrogens is 482 g/mol. The molecule has 0 spiro atoms. The van der Waals surface area contributed by atoms with E-state index in [1.165, 1.54) is 10.9 Å². The zero-order valence-corrected chi connectivity index (χ0v) is 20.7. The standard InChI is InChI=1S/C30H23N3O5/c1-36-23-15-11-20(12-16-23)28-32-26-9-5-4-8-25(26)29(34)33(28)31-19-22-7-3-6-10-27(22)38-30(35)21-13-17-24(37-2)18-14-21/h3-19H,1-2H3. The van der Waals surface area contributed by atoms with Crippen LogP contribution in [0.25, 0.3) is 22.3 Å². The van der Waals surface area contributed by atoms with Gasteiger partial charge in [-0.2, -0.15) is 9.78 Å². The van der Waals surface area contributed by atoms with Gasteiger partial charge in [0.05, 0.1) is 36.9 Å². The Morgan fingerprint density at radius 2 is 1.45 bits per heavy atom. The maximum atomic E-state index is 13.5. The van der Waals surface area contributed by atoms with Crippen LogP contribution in [0.3, 0.4) is 0 Å². The zero-order valence-electron chi connectivity index (χ0n) is 20.7. The fourth-order valence-electron chi connectivity index (χ4n) is 3.84. The number of methoxy groups -OCH3 is 2. The molecule has 1 aromatic heterocycles. The average Bonchev–Trinajstić information content (AvgIpc) is 2.97. The van der Waals surface area contributed by atoms with Crippen molar-refractivity contribution in [3.63, 3.8) is 0 Å². The summed E-state index contributed by atoms with van der Waals surface area (Å²) >= 11 is 0. The van der Waals surface area contributed by atoms with E-state index in [9.17, 15) is 9.59 Å². The predicted octanol–water partition coefficient (Wildman–Crippen LogP) is 5.18. The molecule has 0 saturated carbocycles. The van der Waals surface area contributed by atoms with E-state index in [1.807, 2.05) is 18.2 Å². The summed E-state index contributed by atoms with van der Waals surface area (Å²) in [6.07, 6.45) is 1.47. The summed E-state index contributed by atoms with van der Waals surface area (Å²) in [5, 5.41) is 4.92. The molecule has 0 fully saturated rings. The molecule has 0 radical (unpaired) electrons. The van der Waals surface area contributed by atoms with Crippen molar-refractivity contribution in [2.75, 3.05) is 14.2 Å². The Bertz CT molecular complexity index is 1690. The normalized spacial score (nSPS) is 11.0. The molecule has 0 atom stereocenters. The molecule has 5 aromatic rings. The first-order valence-electron chi connectivity index (χ1n) is 11.7. The summed E-state index contributed by atoms with van der Waals surface area (Å²) in [6, 6.07) is 27.9. The van der Waals surface area contributed by atoms with Gasteiger partial charge in [0, 0.05) is 11.1 Å². The van der Waals surface area contributed by atoms with E-state index in [4.69, 9.17) is 19.2 Å². The monoisotopic (exact) mass is 505 g/mol. The molecule has 0 N–H and O–H groups in total. The van der Waals surface area contributed by atoms with Crippen molar-refractivity contribution in [1.29, 1.82) is 0 Å². The van der Waals surface area contributed by atoms with Crippen LogP contribution in [0.1, 0.15) is 15.9 Å². The number of hydrogen-bond donors (Lipinski definition) is 0. The zero-order chi connectivity index (χ0) is 26.5. The first kappa shape index (κ1) is 24.5. The van der Waals surface area contributed by atoms with E-state index < -0.39 is 5.97 Å². The van der Waals surface area contributed by atoms with Gasteiger partial charge < -0.3 is 14.2 Å². The van der Waals surface area contributed by atoms with E-state index >= 15 is 0 Å². The van der Waals surface area contributed by atoms with Gasteiger partial charge in [0.15, 0.2) is 5.82 Å². The van der Waals surface area contributed by atoms with Gasteiger partial charge >= 0.3 is 5.97 Å². The highest BCUT2D eigenvalue weighted by molar-refractivity contribution is 5.93. The molecular formula is C30H23N3O5. The van der Waals surface area contributed by atoms with Crippen molar-refractivity contribution < 1.29 is 19.0 Å². The topological polar surface area (TPSA) is 92.0 Å². The summed E-state index contributed by atoms with van der Waals surface area (Å²) in [6.45, 7) is 0. The summed E-state index contributed by atoms with van der Waals surface area (Å²) in [4.78, 5) is 30.9. The van der Waals surface area contributed by atoms with Crippen molar-refractivity contribution >= 4 is 23.1 Å².